The maximum absolute atomic E-state index is 11.9. The highest BCUT2D eigenvalue weighted by Crippen LogP contribution is 2.53. The maximum atomic E-state index is 11.9. The summed E-state index contributed by atoms with van der Waals surface area (Å²) in [7, 11) is 0. The fraction of sp³-hybridized carbons (Fsp3) is 0.256. The van der Waals surface area contributed by atoms with Crippen LogP contribution in [0, 0.1) is 0 Å². The molecule has 262 valence electrons. The first-order chi connectivity index (χ1) is 25.4. The van der Waals surface area contributed by atoms with Gasteiger partial charge in [0.1, 0.15) is 23.0 Å². The van der Waals surface area contributed by atoms with E-state index in [1.165, 1.54) is 5.39 Å². The number of carbonyl (C=O) groups is 2. The van der Waals surface area contributed by atoms with Crippen LogP contribution in [-0.4, -0.2) is 49.9 Å². The second-order valence-corrected chi connectivity index (χ2v) is 13.4. The number of cyclic esters (lactones) is 2. The Morgan fingerprint density at radius 2 is 1.10 bits per heavy atom. The molecule has 0 amide bonds. The van der Waals surface area contributed by atoms with Crippen LogP contribution < -0.4 is 14.2 Å². The van der Waals surface area contributed by atoms with Crippen molar-refractivity contribution in [1.29, 1.82) is 0 Å². The molecule has 0 aromatic heterocycles. The van der Waals surface area contributed by atoms with E-state index in [0.717, 1.165) is 55.1 Å². The fourth-order valence-electron chi connectivity index (χ4n) is 7.63. The van der Waals surface area contributed by atoms with Crippen molar-refractivity contribution in [2.45, 2.75) is 57.4 Å². The quantitative estimate of drug-likeness (QED) is 0.109. The van der Waals surface area contributed by atoms with Gasteiger partial charge >= 0.3 is 11.9 Å². The minimum atomic E-state index is -0.639. The van der Waals surface area contributed by atoms with E-state index in [-0.39, 0.29) is 17.9 Å². The van der Waals surface area contributed by atoms with Gasteiger partial charge in [-0.15, -0.1) is 0 Å². The molecule has 0 bridgehead atoms. The van der Waals surface area contributed by atoms with Crippen LogP contribution in [0.25, 0.3) is 32.3 Å². The first-order valence-corrected chi connectivity index (χ1v) is 17.7. The molecule has 3 aliphatic heterocycles. The van der Waals surface area contributed by atoms with E-state index in [2.05, 4.69) is 54.6 Å². The monoisotopic (exact) mass is 696 g/mol. The fourth-order valence-corrected chi connectivity index (χ4v) is 7.63. The number of rotatable bonds is 9. The molecule has 0 radical (unpaired) electrons. The Kier molecular flexibility index (Phi) is 8.17. The molecular formula is C43H36O9. The molecule has 2 saturated heterocycles. The molecule has 4 atom stereocenters. The van der Waals surface area contributed by atoms with Crippen LogP contribution in [-0.2, 0) is 28.5 Å². The number of hydrogen-bond donors (Lipinski definition) is 0. The van der Waals surface area contributed by atoms with Crippen LogP contribution in [0.3, 0.4) is 0 Å². The molecule has 9 nitrogen and oxygen atoms in total. The second kappa shape index (κ2) is 13.2. The molecule has 9 heteroatoms. The third-order valence-electron chi connectivity index (χ3n) is 9.98. The van der Waals surface area contributed by atoms with Crippen molar-refractivity contribution in [1.82, 2.24) is 0 Å². The van der Waals surface area contributed by atoms with Gasteiger partial charge in [0.2, 0.25) is 0 Å². The number of esters is 2. The summed E-state index contributed by atoms with van der Waals surface area (Å²) in [5.41, 5.74) is 3.26. The zero-order chi connectivity index (χ0) is 35.3. The van der Waals surface area contributed by atoms with Gasteiger partial charge in [0.05, 0.1) is 13.2 Å². The minimum absolute atomic E-state index is 0.166. The maximum Gasteiger partial charge on any atom is 0.335 e. The Hall–Kier alpha value is -5.64. The highest BCUT2D eigenvalue weighted by Gasteiger charge is 2.34. The number of carbonyl (C=O) groups excluding carboxylic acids is 2. The average molecular weight is 697 g/mol. The van der Waals surface area contributed by atoms with Crippen molar-refractivity contribution in [3.63, 3.8) is 0 Å². The van der Waals surface area contributed by atoms with Gasteiger partial charge in [-0.05, 0) is 88.1 Å². The Balaban J connectivity index is 1.11. The predicted octanol–water partition coefficient (Wildman–Crippen LogP) is 8.55. The third kappa shape index (κ3) is 5.95. The Labute approximate surface area is 299 Å². The summed E-state index contributed by atoms with van der Waals surface area (Å²) < 4.78 is 40.7. The topological polar surface area (TPSA) is 98.8 Å². The molecule has 3 aliphatic rings. The average Bonchev–Trinajstić information content (AvgIpc) is 3.75. The zero-order valence-corrected chi connectivity index (χ0v) is 28.7. The number of ether oxygens (including phenoxy) is 7. The summed E-state index contributed by atoms with van der Waals surface area (Å²) in [6.45, 7) is 4.28. The summed E-state index contributed by atoms with van der Waals surface area (Å²) in [6, 6.07) is 35.2. The number of fused-ring (bicyclic) bond motifs is 7. The molecule has 6 aromatic carbocycles. The molecule has 9 rings (SSSR count). The van der Waals surface area contributed by atoms with Crippen molar-refractivity contribution in [2.75, 3.05) is 13.2 Å². The van der Waals surface area contributed by atoms with Crippen molar-refractivity contribution in [2.24, 2.45) is 0 Å². The van der Waals surface area contributed by atoms with Gasteiger partial charge in [0, 0.05) is 29.9 Å². The molecule has 52 heavy (non-hydrogen) atoms. The first-order valence-electron chi connectivity index (χ1n) is 17.7. The van der Waals surface area contributed by atoms with Crippen LogP contribution in [0.4, 0.5) is 0 Å². The summed E-state index contributed by atoms with van der Waals surface area (Å²) in [5, 5.41) is 6.37. The standard InChI is InChI=1S/C43H36O9/c1-24(50-37-17-19-46-42(37)44)48-31-11-13-33-28(22-31)9-15-35-40(33)39(30-8-7-26-5-3-4-6-27(26)21-30)41-34-14-12-32(23-29(34)10-16-36(41)52-35)49-25(2)51-38-18-20-47-43(38)45/h3-16,21-25,37-39H,17-20H2,1-2H3. The lowest BCUT2D eigenvalue weighted by Crippen LogP contribution is -2.27. The zero-order valence-electron chi connectivity index (χ0n) is 28.7. The Morgan fingerprint density at radius 3 is 1.62 bits per heavy atom. The highest BCUT2D eigenvalue weighted by atomic mass is 16.7. The molecule has 0 aliphatic carbocycles. The third-order valence-corrected chi connectivity index (χ3v) is 9.98. The molecule has 4 unspecified atom stereocenters. The van der Waals surface area contributed by atoms with Gasteiger partial charge in [0.15, 0.2) is 24.8 Å². The SMILES string of the molecule is CC(Oc1ccc2c3c(ccc2c1)Oc1ccc2cc(OC(C)OC4CCOC4=O)ccc2c1C3c1ccc2ccccc2c1)OC1CCOC1=O. The normalized spacial score (nSPS) is 20.5. The lowest BCUT2D eigenvalue weighted by atomic mass is 9.78. The predicted molar refractivity (Wildman–Crippen MR) is 194 cm³/mol. The lowest BCUT2D eigenvalue weighted by molar-refractivity contribution is -0.160. The van der Waals surface area contributed by atoms with Crippen LogP contribution in [0.2, 0.25) is 0 Å². The van der Waals surface area contributed by atoms with Gasteiger partial charge in [-0.1, -0.05) is 66.7 Å². The molecule has 3 heterocycles. The Morgan fingerprint density at radius 1 is 0.577 bits per heavy atom. The largest absolute Gasteiger partial charge is 0.465 e. The van der Waals surface area contributed by atoms with Crippen molar-refractivity contribution >= 4 is 44.3 Å². The van der Waals surface area contributed by atoms with Gasteiger partial charge in [-0.25, -0.2) is 9.59 Å². The first kappa shape index (κ1) is 32.3. The van der Waals surface area contributed by atoms with Crippen LogP contribution in [0.1, 0.15) is 49.3 Å². The van der Waals surface area contributed by atoms with E-state index in [9.17, 15) is 9.59 Å². The molecule has 6 aromatic rings. The molecule has 0 spiro atoms. The molecule has 2 fully saturated rings. The van der Waals surface area contributed by atoms with Crippen LogP contribution in [0.15, 0.2) is 103 Å². The van der Waals surface area contributed by atoms with Gasteiger partial charge in [-0.2, -0.15) is 0 Å². The van der Waals surface area contributed by atoms with E-state index in [4.69, 9.17) is 33.2 Å². The number of benzene rings is 6. The van der Waals surface area contributed by atoms with E-state index in [1.54, 1.807) is 13.8 Å². The van der Waals surface area contributed by atoms with E-state index in [1.807, 2.05) is 48.5 Å². The minimum Gasteiger partial charge on any atom is -0.465 e. The van der Waals surface area contributed by atoms with Gasteiger partial charge in [0.25, 0.3) is 0 Å². The summed E-state index contributed by atoms with van der Waals surface area (Å²) in [6.07, 6.45) is -1.48. The lowest BCUT2D eigenvalue weighted by Gasteiger charge is -2.31. The van der Waals surface area contributed by atoms with Crippen LogP contribution >= 0.6 is 0 Å². The van der Waals surface area contributed by atoms with E-state index in [0.29, 0.717) is 37.6 Å². The van der Waals surface area contributed by atoms with Gasteiger partial charge in [-0.3, -0.25) is 0 Å². The molecule has 0 saturated carbocycles. The summed E-state index contributed by atoms with van der Waals surface area (Å²) >= 11 is 0. The van der Waals surface area contributed by atoms with E-state index < -0.39 is 24.8 Å². The summed E-state index contributed by atoms with van der Waals surface area (Å²) in [4.78, 5) is 23.9. The second-order valence-electron chi connectivity index (χ2n) is 13.4. The highest BCUT2D eigenvalue weighted by molar-refractivity contribution is 5.96. The Bertz CT molecular complexity index is 2240. The molecule has 0 N–H and O–H groups in total. The number of hydrogen-bond acceptors (Lipinski definition) is 9. The van der Waals surface area contributed by atoms with E-state index >= 15 is 0 Å². The van der Waals surface area contributed by atoms with Gasteiger partial charge < -0.3 is 33.2 Å². The van der Waals surface area contributed by atoms with Crippen molar-refractivity contribution in [3.8, 4) is 23.0 Å². The molecular weight excluding hydrogens is 660 g/mol. The van der Waals surface area contributed by atoms with Crippen LogP contribution in [0.5, 0.6) is 23.0 Å². The summed E-state index contributed by atoms with van der Waals surface area (Å²) in [5.74, 6) is 1.97. The van der Waals surface area contributed by atoms with Crippen molar-refractivity contribution in [3.05, 3.63) is 120 Å². The van der Waals surface area contributed by atoms with Crippen molar-refractivity contribution < 1.29 is 42.7 Å². The smallest absolute Gasteiger partial charge is 0.335 e.